The maximum atomic E-state index is 12.1. The zero-order valence-corrected chi connectivity index (χ0v) is 15.0. The van der Waals surface area contributed by atoms with Crippen molar-refractivity contribution >= 4 is 18.0 Å². The predicted molar refractivity (Wildman–Crippen MR) is 94.4 cm³/mol. The number of ether oxygens (including phenoxy) is 1. The molecule has 134 valence electrons. The van der Waals surface area contributed by atoms with Crippen molar-refractivity contribution in [2.75, 3.05) is 0 Å². The summed E-state index contributed by atoms with van der Waals surface area (Å²) in [5, 5.41) is 9.28. The van der Waals surface area contributed by atoms with E-state index in [1.54, 1.807) is 0 Å². The van der Waals surface area contributed by atoms with E-state index >= 15 is 0 Å². The number of aromatic nitrogens is 1. The van der Waals surface area contributed by atoms with E-state index in [0.717, 1.165) is 29.8 Å². The van der Waals surface area contributed by atoms with Crippen molar-refractivity contribution in [1.29, 1.82) is 5.26 Å². The average molecular weight is 343 g/mol. The van der Waals surface area contributed by atoms with Crippen LogP contribution >= 0.6 is 0 Å². The van der Waals surface area contributed by atoms with Crippen LogP contribution in [0.25, 0.3) is 6.08 Å². The van der Waals surface area contributed by atoms with Crippen molar-refractivity contribution in [2.45, 2.75) is 65.0 Å². The van der Waals surface area contributed by atoms with Gasteiger partial charge in [-0.2, -0.15) is 5.26 Å². The lowest BCUT2D eigenvalue weighted by Crippen LogP contribution is -2.30. The minimum absolute atomic E-state index is 0.142. The summed E-state index contributed by atoms with van der Waals surface area (Å²) >= 11 is 0. The van der Waals surface area contributed by atoms with Crippen molar-refractivity contribution in [3.63, 3.8) is 0 Å². The smallest absolute Gasteiger partial charge is 0.349 e. The Morgan fingerprint density at radius 1 is 1.36 bits per heavy atom. The van der Waals surface area contributed by atoms with Gasteiger partial charge < -0.3 is 15.0 Å². The molecule has 1 saturated carbocycles. The molecule has 0 radical (unpaired) electrons. The van der Waals surface area contributed by atoms with Crippen molar-refractivity contribution < 1.29 is 14.3 Å². The Bertz CT molecular complexity index is 734. The summed E-state index contributed by atoms with van der Waals surface area (Å²) in [5.41, 5.74) is 7.92. The Kier molecular flexibility index (Phi) is 6.02. The van der Waals surface area contributed by atoms with Gasteiger partial charge in [0.1, 0.15) is 11.6 Å². The summed E-state index contributed by atoms with van der Waals surface area (Å²) in [5.74, 6) is -1.59. The third-order valence-electron chi connectivity index (χ3n) is 4.79. The van der Waals surface area contributed by atoms with Crippen LogP contribution in [0.5, 0.6) is 0 Å². The van der Waals surface area contributed by atoms with Crippen LogP contribution in [0, 0.1) is 25.2 Å². The van der Waals surface area contributed by atoms with E-state index in [1.165, 1.54) is 32.3 Å². The number of carbonyl (C=O) groups is 2. The molecule has 1 fully saturated rings. The number of rotatable bonds is 5. The molecule has 0 saturated heterocycles. The highest BCUT2D eigenvalue weighted by molar-refractivity contribution is 5.99. The number of carbonyl (C=O) groups excluding carboxylic acids is 2. The number of nitriles is 1. The molecule has 1 atom stereocenters. The zero-order chi connectivity index (χ0) is 18.6. The number of nitrogens with zero attached hydrogens (tertiary/aromatic N) is 2. The first-order chi connectivity index (χ1) is 11.8. The lowest BCUT2D eigenvalue weighted by atomic mass is 9.95. The largest absolute Gasteiger partial charge is 0.448 e. The minimum Gasteiger partial charge on any atom is -0.448 e. The second-order valence-corrected chi connectivity index (χ2v) is 6.61. The van der Waals surface area contributed by atoms with Gasteiger partial charge in [0.2, 0.25) is 0 Å². The zero-order valence-electron chi connectivity index (χ0n) is 15.0. The molecule has 2 N–H and O–H groups in total. The second kappa shape index (κ2) is 8.02. The molecule has 0 bridgehead atoms. The van der Waals surface area contributed by atoms with Gasteiger partial charge in [-0.05, 0) is 51.3 Å². The summed E-state index contributed by atoms with van der Waals surface area (Å²) in [4.78, 5) is 23.1. The highest BCUT2D eigenvalue weighted by Crippen LogP contribution is 2.32. The van der Waals surface area contributed by atoms with E-state index in [1.807, 2.05) is 26.0 Å². The van der Waals surface area contributed by atoms with E-state index < -0.39 is 18.0 Å². The van der Waals surface area contributed by atoms with Crippen LogP contribution in [0.1, 0.15) is 62.0 Å². The molecule has 0 aliphatic heterocycles. The highest BCUT2D eigenvalue weighted by Gasteiger charge is 2.22. The molecular formula is C19H25N3O3. The van der Waals surface area contributed by atoms with Crippen molar-refractivity contribution in [2.24, 2.45) is 5.73 Å². The van der Waals surface area contributed by atoms with E-state index in [0.29, 0.717) is 6.04 Å². The van der Waals surface area contributed by atoms with E-state index in [2.05, 4.69) is 4.57 Å². The van der Waals surface area contributed by atoms with Crippen molar-refractivity contribution in [3.05, 3.63) is 28.6 Å². The lowest BCUT2D eigenvalue weighted by Gasteiger charge is -2.26. The Labute approximate surface area is 148 Å². The van der Waals surface area contributed by atoms with Gasteiger partial charge in [-0.25, -0.2) is 4.79 Å². The van der Waals surface area contributed by atoms with Crippen molar-refractivity contribution in [1.82, 2.24) is 4.57 Å². The molecule has 1 aromatic rings. The molecule has 0 spiro atoms. The topological polar surface area (TPSA) is 98.1 Å². The van der Waals surface area contributed by atoms with Gasteiger partial charge >= 0.3 is 5.97 Å². The molecule has 1 aliphatic rings. The third kappa shape index (κ3) is 4.30. The molecule has 6 nitrogen and oxygen atoms in total. The quantitative estimate of drug-likeness (QED) is 0.505. The van der Waals surface area contributed by atoms with Gasteiger partial charge in [0.05, 0.1) is 0 Å². The van der Waals surface area contributed by atoms with Gasteiger partial charge in [0.25, 0.3) is 5.91 Å². The molecule has 6 heteroatoms. The number of primary amides is 1. The number of amides is 1. The number of esters is 1. The Balaban J connectivity index is 2.28. The van der Waals surface area contributed by atoms with E-state index in [4.69, 9.17) is 10.5 Å². The minimum atomic E-state index is -1.07. The predicted octanol–water partition coefficient (Wildman–Crippen LogP) is 2.93. The second-order valence-electron chi connectivity index (χ2n) is 6.61. The molecule has 1 amide bonds. The van der Waals surface area contributed by atoms with Gasteiger partial charge in [-0.15, -0.1) is 0 Å². The van der Waals surface area contributed by atoms with Crippen molar-refractivity contribution in [3.8, 4) is 6.07 Å². The van der Waals surface area contributed by atoms with Crippen LogP contribution in [0.2, 0.25) is 0 Å². The summed E-state index contributed by atoms with van der Waals surface area (Å²) in [7, 11) is 0. The Morgan fingerprint density at radius 3 is 2.56 bits per heavy atom. The summed E-state index contributed by atoms with van der Waals surface area (Å²) in [6, 6.07) is 4.31. The summed E-state index contributed by atoms with van der Waals surface area (Å²) < 4.78 is 7.22. The van der Waals surface area contributed by atoms with Gasteiger partial charge in [-0.3, -0.25) is 4.79 Å². The summed E-state index contributed by atoms with van der Waals surface area (Å²) in [6.45, 7) is 5.42. The monoisotopic (exact) mass is 343 g/mol. The number of nitrogens with two attached hydrogens (primary N) is 1. The molecule has 1 aliphatic carbocycles. The molecule has 0 aromatic carbocycles. The maximum Gasteiger partial charge on any atom is 0.349 e. The van der Waals surface area contributed by atoms with Crippen LogP contribution < -0.4 is 5.73 Å². The van der Waals surface area contributed by atoms with Gasteiger partial charge in [-0.1, -0.05) is 19.3 Å². The molecule has 1 aromatic heterocycles. The molecule has 0 unspecified atom stereocenters. The number of hydrogen-bond donors (Lipinski definition) is 1. The third-order valence-corrected chi connectivity index (χ3v) is 4.79. The normalized spacial score (nSPS) is 17.0. The van der Waals surface area contributed by atoms with Gasteiger partial charge in [0, 0.05) is 17.4 Å². The van der Waals surface area contributed by atoms with E-state index in [-0.39, 0.29) is 5.57 Å². The molecular weight excluding hydrogens is 318 g/mol. The Morgan fingerprint density at radius 2 is 2.00 bits per heavy atom. The lowest BCUT2D eigenvalue weighted by molar-refractivity contribution is -0.149. The Hall–Kier alpha value is -2.55. The molecule has 1 heterocycles. The van der Waals surface area contributed by atoms with Crippen LogP contribution in [-0.4, -0.2) is 22.5 Å². The fourth-order valence-electron chi connectivity index (χ4n) is 3.42. The van der Waals surface area contributed by atoms with Crippen LogP contribution in [0.15, 0.2) is 11.6 Å². The number of hydrogen-bond acceptors (Lipinski definition) is 4. The average Bonchev–Trinajstić information content (AvgIpc) is 2.86. The summed E-state index contributed by atoms with van der Waals surface area (Å²) in [6.07, 6.45) is 6.51. The van der Waals surface area contributed by atoms with Crippen LogP contribution in [0.4, 0.5) is 0 Å². The first-order valence-corrected chi connectivity index (χ1v) is 8.65. The van der Waals surface area contributed by atoms with Crippen LogP contribution in [-0.2, 0) is 14.3 Å². The SMILES string of the molecule is Cc1cc(/C=C(\C#N)C(=O)O[C@H](C)C(N)=O)c(C)n1C1CCCCC1. The van der Waals surface area contributed by atoms with Crippen LogP contribution in [0.3, 0.4) is 0 Å². The first-order valence-electron chi connectivity index (χ1n) is 8.65. The fraction of sp³-hybridized carbons (Fsp3) is 0.526. The first kappa shape index (κ1) is 18.8. The van der Waals surface area contributed by atoms with Gasteiger partial charge in [0.15, 0.2) is 6.10 Å². The maximum absolute atomic E-state index is 12.1. The fourth-order valence-corrected chi connectivity index (χ4v) is 3.42. The standard InChI is InChI=1S/C19H25N3O3/c1-12-9-15(13(2)22(12)17-7-5-4-6-8-17)10-16(11-20)19(24)25-14(3)18(21)23/h9-10,14,17H,4-8H2,1-3H3,(H2,21,23)/b16-10+/t14-/m1/s1. The van der Waals surface area contributed by atoms with E-state index in [9.17, 15) is 14.9 Å². The highest BCUT2D eigenvalue weighted by atomic mass is 16.5. The molecule has 25 heavy (non-hydrogen) atoms. The molecule has 2 rings (SSSR count). The number of aryl methyl sites for hydroxylation is 1.